The predicted molar refractivity (Wildman–Crippen MR) is 94.9 cm³/mol. The Morgan fingerprint density at radius 2 is 1.77 bits per heavy atom. The molecule has 0 spiro atoms. The van der Waals surface area contributed by atoms with Crippen molar-refractivity contribution in [2.24, 2.45) is 0 Å². The Morgan fingerprint density at radius 1 is 1.12 bits per heavy atom. The first-order chi connectivity index (χ1) is 12.3. The summed E-state index contributed by atoms with van der Waals surface area (Å²) >= 11 is 0.979. The van der Waals surface area contributed by atoms with Crippen LogP contribution in [0.1, 0.15) is 15.9 Å². The lowest BCUT2D eigenvalue weighted by molar-refractivity contribution is 0.0697. The minimum Gasteiger partial charge on any atom is -0.478 e. The summed E-state index contributed by atoms with van der Waals surface area (Å²) in [6.07, 6.45) is 1.25. The van der Waals surface area contributed by atoms with E-state index in [4.69, 9.17) is 5.11 Å². The average Bonchev–Trinajstić information content (AvgIpc) is 3.12. The number of benzene rings is 2. The molecule has 0 amide bonds. The minimum absolute atomic E-state index is 0.0199. The Kier molecular flexibility index (Phi) is 5.12. The van der Waals surface area contributed by atoms with Crippen molar-refractivity contribution in [2.45, 2.75) is 10.8 Å². The molecule has 0 aliphatic rings. The van der Waals surface area contributed by atoms with E-state index in [0.29, 0.717) is 16.1 Å². The first-order valence-corrected chi connectivity index (χ1v) is 9.69. The molecule has 0 atom stereocenters. The second kappa shape index (κ2) is 7.32. The Balaban J connectivity index is 1.72. The van der Waals surface area contributed by atoms with E-state index in [2.05, 4.69) is 9.71 Å². The van der Waals surface area contributed by atoms with Crippen LogP contribution in [0.2, 0.25) is 0 Å². The molecule has 0 aliphatic heterocycles. The standard InChI is InChI=1S/C17H13FN2O4S2/c18-14-7-5-12(6-8-14)16-19-10-15(25-16)26(23,24)20-9-11-1-3-13(4-2-11)17(21)22/h1-8,10,20H,9H2,(H,21,22). The number of aromatic carboxylic acids is 1. The van der Waals surface area contributed by atoms with Gasteiger partial charge >= 0.3 is 5.97 Å². The van der Waals surface area contributed by atoms with Crippen LogP contribution < -0.4 is 4.72 Å². The Hall–Kier alpha value is -2.62. The number of aromatic nitrogens is 1. The number of thiazole rings is 1. The zero-order chi connectivity index (χ0) is 18.7. The van der Waals surface area contributed by atoms with Gasteiger partial charge in [-0.1, -0.05) is 12.1 Å². The van der Waals surface area contributed by atoms with Crippen LogP contribution in [0.4, 0.5) is 4.39 Å². The van der Waals surface area contributed by atoms with Crippen molar-refractivity contribution in [1.82, 2.24) is 9.71 Å². The number of nitrogens with one attached hydrogen (secondary N) is 1. The Bertz CT molecular complexity index is 1030. The van der Waals surface area contributed by atoms with Crippen molar-refractivity contribution in [3.8, 4) is 10.6 Å². The summed E-state index contributed by atoms with van der Waals surface area (Å²) in [7, 11) is -3.76. The first-order valence-electron chi connectivity index (χ1n) is 7.39. The van der Waals surface area contributed by atoms with E-state index in [1.807, 2.05) is 0 Å². The number of hydrogen-bond donors (Lipinski definition) is 2. The maximum atomic E-state index is 13.0. The van der Waals surface area contributed by atoms with Gasteiger partial charge in [0, 0.05) is 12.1 Å². The number of halogens is 1. The van der Waals surface area contributed by atoms with E-state index in [0.717, 1.165) is 11.3 Å². The van der Waals surface area contributed by atoms with Gasteiger partial charge in [0.1, 0.15) is 10.8 Å². The fourth-order valence-electron chi connectivity index (χ4n) is 2.12. The fourth-order valence-corrected chi connectivity index (χ4v) is 4.32. The molecule has 1 aromatic heterocycles. The number of carbonyl (C=O) groups is 1. The van der Waals surface area contributed by atoms with Crippen LogP contribution in [-0.2, 0) is 16.6 Å². The van der Waals surface area contributed by atoms with Gasteiger partial charge in [-0.3, -0.25) is 0 Å². The highest BCUT2D eigenvalue weighted by atomic mass is 32.2. The predicted octanol–water partition coefficient (Wildman–Crippen LogP) is 3.13. The van der Waals surface area contributed by atoms with E-state index in [-0.39, 0.29) is 22.1 Å². The lowest BCUT2D eigenvalue weighted by atomic mass is 10.1. The molecule has 9 heteroatoms. The first kappa shape index (κ1) is 18.2. The molecule has 26 heavy (non-hydrogen) atoms. The van der Waals surface area contributed by atoms with Crippen molar-refractivity contribution in [3.63, 3.8) is 0 Å². The third kappa shape index (κ3) is 4.13. The van der Waals surface area contributed by atoms with Gasteiger partial charge in [-0.2, -0.15) is 0 Å². The van der Waals surface area contributed by atoms with E-state index < -0.39 is 16.0 Å². The van der Waals surface area contributed by atoms with Crippen molar-refractivity contribution >= 4 is 27.3 Å². The van der Waals surface area contributed by atoms with E-state index in [9.17, 15) is 17.6 Å². The zero-order valence-corrected chi connectivity index (χ0v) is 14.8. The molecule has 0 saturated heterocycles. The zero-order valence-electron chi connectivity index (χ0n) is 13.2. The van der Waals surface area contributed by atoms with Crippen molar-refractivity contribution < 1.29 is 22.7 Å². The maximum absolute atomic E-state index is 13.0. The number of hydrogen-bond acceptors (Lipinski definition) is 5. The number of sulfonamides is 1. The van der Waals surface area contributed by atoms with Crippen LogP contribution in [0.5, 0.6) is 0 Å². The molecule has 0 aliphatic carbocycles. The molecule has 3 aromatic rings. The minimum atomic E-state index is -3.76. The molecule has 0 bridgehead atoms. The normalized spacial score (nSPS) is 11.4. The van der Waals surface area contributed by atoms with Crippen LogP contribution >= 0.6 is 11.3 Å². The molecule has 2 aromatic carbocycles. The highest BCUT2D eigenvalue weighted by Crippen LogP contribution is 2.28. The average molecular weight is 392 g/mol. The smallest absolute Gasteiger partial charge is 0.335 e. The number of carboxylic acids is 1. The van der Waals surface area contributed by atoms with Crippen molar-refractivity contribution in [2.75, 3.05) is 0 Å². The molecule has 0 saturated carbocycles. The fraction of sp³-hybridized carbons (Fsp3) is 0.0588. The van der Waals surface area contributed by atoms with Gasteiger partial charge in [0.15, 0.2) is 4.21 Å². The summed E-state index contributed by atoms with van der Waals surface area (Å²) in [5.41, 5.74) is 1.38. The summed E-state index contributed by atoms with van der Waals surface area (Å²) in [5.74, 6) is -1.43. The summed E-state index contributed by atoms with van der Waals surface area (Å²) in [6.45, 7) is 0.0199. The molecule has 134 valence electrons. The highest BCUT2D eigenvalue weighted by molar-refractivity contribution is 7.91. The summed E-state index contributed by atoms with van der Waals surface area (Å²) < 4.78 is 40.2. The monoisotopic (exact) mass is 392 g/mol. The van der Waals surface area contributed by atoms with Crippen molar-refractivity contribution in [3.05, 3.63) is 71.7 Å². The van der Waals surface area contributed by atoms with E-state index >= 15 is 0 Å². The number of nitrogens with zero attached hydrogens (tertiary/aromatic N) is 1. The van der Waals surface area contributed by atoms with Gasteiger partial charge in [0.05, 0.1) is 11.8 Å². The second-order valence-corrected chi connectivity index (χ2v) is 8.34. The molecule has 1 heterocycles. The molecular formula is C17H13FN2O4S2. The van der Waals surface area contributed by atoms with Gasteiger partial charge in [-0.25, -0.2) is 27.3 Å². The molecule has 0 radical (unpaired) electrons. The molecule has 6 nitrogen and oxygen atoms in total. The summed E-state index contributed by atoms with van der Waals surface area (Å²) in [4.78, 5) is 14.9. The largest absolute Gasteiger partial charge is 0.478 e. The van der Waals surface area contributed by atoms with Gasteiger partial charge in [-0.15, -0.1) is 11.3 Å². The second-order valence-electron chi connectivity index (χ2n) is 5.32. The Morgan fingerprint density at radius 3 is 2.38 bits per heavy atom. The van der Waals surface area contributed by atoms with Crippen LogP contribution in [-0.4, -0.2) is 24.5 Å². The van der Waals surface area contributed by atoms with Crippen LogP contribution in [0.15, 0.2) is 58.9 Å². The summed E-state index contributed by atoms with van der Waals surface area (Å²) in [5, 5.41) is 9.33. The van der Waals surface area contributed by atoms with Crippen LogP contribution in [0, 0.1) is 5.82 Å². The number of rotatable bonds is 6. The lowest BCUT2D eigenvalue weighted by Gasteiger charge is -2.05. The number of carboxylic acid groups (broad SMARTS) is 1. The lowest BCUT2D eigenvalue weighted by Crippen LogP contribution is -2.22. The van der Waals surface area contributed by atoms with Crippen molar-refractivity contribution in [1.29, 1.82) is 0 Å². The Labute approximate surface area is 153 Å². The quantitative estimate of drug-likeness (QED) is 0.672. The van der Waals surface area contributed by atoms with Gasteiger partial charge in [0.2, 0.25) is 0 Å². The molecular weight excluding hydrogens is 379 g/mol. The molecule has 3 rings (SSSR count). The molecule has 0 fully saturated rings. The summed E-state index contributed by atoms with van der Waals surface area (Å²) in [6, 6.07) is 11.5. The van der Waals surface area contributed by atoms with E-state index in [1.54, 1.807) is 12.1 Å². The SMILES string of the molecule is O=C(O)c1ccc(CNS(=O)(=O)c2cnc(-c3ccc(F)cc3)s2)cc1. The van der Waals surface area contributed by atoms with Gasteiger partial charge < -0.3 is 5.11 Å². The third-order valence-electron chi connectivity index (χ3n) is 3.51. The van der Waals surface area contributed by atoms with Gasteiger partial charge in [-0.05, 0) is 42.0 Å². The molecule has 0 unspecified atom stereocenters. The third-order valence-corrected chi connectivity index (χ3v) is 6.42. The topological polar surface area (TPSA) is 96.4 Å². The highest BCUT2D eigenvalue weighted by Gasteiger charge is 2.18. The van der Waals surface area contributed by atoms with E-state index in [1.165, 1.54) is 42.6 Å². The van der Waals surface area contributed by atoms with Gasteiger partial charge in [0.25, 0.3) is 10.0 Å². The van der Waals surface area contributed by atoms with Crippen LogP contribution in [0.3, 0.4) is 0 Å². The molecule has 2 N–H and O–H groups in total. The maximum Gasteiger partial charge on any atom is 0.335 e. The van der Waals surface area contributed by atoms with Crippen LogP contribution in [0.25, 0.3) is 10.6 Å².